The lowest BCUT2D eigenvalue weighted by atomic mass is 9.94. The third kappa shape index (κ3) is 1.27. The van der Waals surface area contributed by atoms with Crippen molar-refractivity contribution in [1.82, 2.24) is 0 Å². The van der Waals surface area contributed by atoms with Crippen molar-refractivity contribution in [2.75, 3.05) is 17.7 Å². The van der Waals surface area contributed by atoms with Crippen LogP contribution < -0.4 is 11.1 Å². The van der Waals surface area contributed by atoms with Crippen molar-refractivity contribution in [2.24, 2.45) is 5.92 Å². The first-order chi connectivity index (χ1) is 8.59. The fourth-order valence-corrected chi connectivity index (χ4v) is 2.74. The Morgan fingerprint density at radius 3 is 3.11 bits per heavy atom. The molecule has 1 spiro atoms. The Hall–Kier alpha value is -2.04. The highest BCUT2D eigenvalue weighted by molar-refractivity contribution is 6.12. The predicted octanol–water partition coefficient (Wildman–Crippen LogP) is 1.04. The van der Waals surface area contributed by atoms with Crippen molar-refractivity contribution in [2.45, 2.75) is 18.8 Å². The van der Waals surface area contributed by atoms with Gasteiger partial charge in [0, 0.05) is 11.4 Å². The number of nitrogens with two attached hydrogens (primary N) is 1. The van der Waals surface area contributed by atoms with Crippen LogP contribution in [-0.4, -0.2) is 18.5 Å². The SMILES string of the molecule is CCOC(=O)[C@H]1C[C@]12C(=O)Nc1ccc(N)cc12. The molecule has 3 N–H and O–H groups in total. The summed E-state index contributed by atoms with van der Waals surface area (Å²) in [5.74, 6) is -0.801. The summed E-state index contributed by atoms with van der Waals surface area (Å²) >= 11 is 0. The largest absolute Gasteiger partial charge is 0.466 e. The van der Waals surface area contributed by atoms with Crippen molar-refractivity contribution in [3.8, 4) is 0 Å². The van der Waals surface area contributed by atoms with E-state index >= 15 is 0 Å². The van der Waals surface area contributed by atoms with Gasteiger partial charge in [-0.15, -0.1) is 0 Å². The lowest BCUT2D eigenvalue weighted by Crippen LogP contribution is -2.25. The third-order valence-corrected chi connectivity index (χ3v) is 3.71. The Morgan fingerprint density at radius 1 is 1.61 bits per heavy atom. The number of carbonyl (C=O) groups excluding carboxylic acids is 2. The summed E-state index contributed by atoms with van der Waals surface area (Å²) in [6.45, 7) is 2.09. The van der Waals surface area contributed by atoms with Crippen molar-refractivity contribution in [3.05, 3.63) is 23.8 Å². The van der Waals surface area contributed by atoms with Crippen molar-refractivity contribution in [1.29, 1.82) is 0 Å². The van der Waals surface area contributed by atoms with Gasteiger partial charge in [-0.2, -0.15) is 0 Å². The number of ether oxygens (including phenoxy) is 1. The van der Waals surface area contributed by atoms with E-state index in [9.17, 15) is 9.59 Å². The molecule has 1 aromatic rings. The number of benzene rings is 1. The van der Waals surface area contributed by atoms with Crippen LogP contribution in [0.25, 0.3) is 0 Å². The molecule has 1 saturated carbocycles. The van der Waals surface area contributed by atoms with Crippen LogP contribution in [0.2, 0.25) is 0 Å². The minimum absolute atomic E-state index is 0.124. The molecule has 1 fully saturated rings. The second-order valence-corrected chi connectivity index (χ2v) is 4.74. The van der Waals surface area contributed by atoms with Crippen LogP contribution in [0.3, 0.4) is 0 Å². The lowest BCUT2D eigenvalue weighted by Gasteiger charge is -2.08. The quantitative estimate of drug-likeness (QED) is 0.603. The van der Waals surface area contributed by atoms with Gasteiger partial charge in [0.2, 0.25) is 5.91 Å². The molecule has 18 heavy (non-hydrogen) atoms. The van der Waals surface area contributed by atoms with Crippen molar-refractivity contribution in [3.63, 3.8) is 0 Å². The van der Waals surface area contributed by atoms with Crippen LogP contribution >= 0.6 is 0 Å². The van der Waals surface area contributed by atoms with Gasteiger partial charge in [-0.1, -0.05) is 0 Å². The summed E-state index contributed by atoms with van der Waals surface area (Å²) in [4.78, 5) is 23.9. The van der Waals surface area contributed by atoms with Gasteiger partial charge < -0.3 is 15.8 Å². The molecule has 0 aromatic heterocycles. The van der Waals surface area contributed by atoms with Crippen molar-refractivity contribution >= 4 is 23.3 Å². The Kier molecular flexibility index (Phi) is 2.14. The van der Waals surface area contributed by atoms with Gasteiger partial charge in [-0.3, -0.25) is 9.59 Å². The average Bonchev–Trinajstić information content (AvgIpc) is 3.02. The molecular formula is C13H14N2O3. The van der Waals surface area contributed by atoms with Crippen molar-refractivity contribution < 1.29 is 14.3 Å². The number of hydrogen-bond acceptors (Lipinski definition) is 4. The Bertz CT molecular complexity index is 555. The van der Waals surface area contributed by atoms with Crippen LogP contribution in [0.15, 0.2) is 18.2 Å². The summed E-state index contributed by atoms with van der Waals surface area (Å²) in [7, 11) is 0. The van der Waals surface area contributed by atoms with Crippen LogP contribution in [0.1, 0.15) is 18.9 Å². The standard InChI is InChI=1S/C13H14N2O3/c1-2-18-11(16)9-6-13(9)8-5-7(14)3-4-10(8)15-12(13)17/h3-5,9H,2,6,14H2,1H3,(H,15,17)/t9-,13-/m1/s1. The number of nitrogens with one attached hydrogen (secondary N) is 1. The summed E-state index contributed by atoms with van der Waals surface area (Å²) < 4.78 is 5.00. The topological polar surface area (TPSA) is 81.4 Å². The minimum Gasteiger partial charge on any atom is -0.466 e. The number of amides is 1. The Morgan fingerprint density at radius 2 is 2.39 bits per heavy atom. The van der Waals surface area contributed by atoms with Crippen LogP contribution in [-0.2, 0) is 19.7 Å². The maximum atomic E-state index is 12.1. The van der Waals surface area contributed by atoms with E-state index in [1.54, 1.807) is 25.1 Å². The first-order valence-corrected chi connectivity index (χ1v) is 5.97. The number of anilines is 2. The molecule has 1 heterocycles. The molecule has 3 rings (SSSR count). The van der Waals surface area contributed by atoms with Gasteiger partial charge >= 0.3 is 5.97 Å². The molecule has 1 aliphatic carbocycles. The molecule has 0 saturated heterocycles. The maximum absolute atomic E-state index is 12.1. The molecule has 2 aliphatic rings. The second-order valence-electron chi connectivity index (χ2n) is 4.74. The fourth-order valence-electron chi connectivity index (χ4n) is 2.74. The molecular weight excluding hydrogens is 232 g/mol. The molecule has 1 aliphatic heterocycles. The number of carbonyl (C=O) groups is 2. The Labute approximate surface area is 104 Å². The van der Waals surface area contributed by atoms with E-state index in [-0.39, 0.29) is 17.8 Å². The first-order valence-electron chi connectivity index (χ1n) is 5.97. The number of rotatable bonds is 2. The zero-order valence-corrected chi connectivity index (χ0v) is 10.0. The summed E-state index contributed by atoms with van der Waals surface area (Å²) in [6.07, 6.45) is 0.508. The number of fused-ring (bicyclic) bond motifs is 2. The monoisotopic (exact) mass is 246 g/mol. The van der Waals surface area contributed by atoms with E-state index < -0.39 is 5.41 Å². The smallest absolute Gasteiger partial charge is 0.310 e. The molecule has 5 heteroatoms. The number of hydrogen-bond donors (Lipinski definition) is 2. The lowest BCUT2D eigenvalue weighted by molar-refractivity contribution is -0.146. The molecule has 0 radical (unpaired) electrons. The minimum atomic E-state index is -0.739. The zero-order chi connectivity index (χ0) is 12.9. The molecule has 1 amide bonds. The molecule has 94 valence electrons. The number of esters is 1. The molecule has 0 unspecified atom stereocenters. The predicted molar refractivity (Wildman–Crippen MR) is 65.9 cm³/mol. The van der Waals surface area contributed by atoms with Crippen LogP contribution in [0.5, 0.6) is 0 Å². The Balaban J connectivity index is 1.99. The van der Waals surface area contributed by atoms with E-state index in [2.05, 4.69) is 5.32 Å². The van der Waals surface area contributed by atoms with Gasteiger partial charge in [0.1, 0.15) is 0 Å². The van der Waals surface area contributed by atoms with Gasteiger partial charge in [0.15, 0.2) is 0 Å². The highest BCUT2D eigenvalue weighted by atomic mass is 16.5. The molecule has 1 aromatic carbocycles. The zero-order valence-electron chi connectivity index (χ0n) is 10.0. The van der Waals surface area contributed by atoms with E-state index in [0.29, 0.717) is 18.7 Å². The van der Waals surface area contributed by atoms with Gasteiger partial charge in [0.05, 0.1) is 17.9 Å². The highest BCUT2D eigenvalue weighted by Gasteiger charge is 2.68. The highest BCUT2D eigenvalue weighted by Crippen LogP contribution is 2.60. The molecule has 2 atom stereocenters. The van der Waals surface area contributed by atoms with E-state index in [4.69, 9.17) is 10.5 Å². The van der Waals surface area contributed by atoms with Gasteiger partial charge in [0.25, 0.3) is 0 Å². The van der Waals surface area contributed by atoms with Crippen LogP contribution in [0.4, 0.5) is 11.4 Å². The van der Waals surface area contributed by atoms with Gasteiger partial charge in [-0.05, 0) is 37.1 Å². The second kappa shape index (κ2) is 3.48. The van der Waals surface area contributed by atoms with E-state index in [0.717, 1.165) is 11.3 Å². The average molecular weight is 246 g/mol. The summed E-state index contributed by atoms with van der Waals surface area (Å²) in [6, 6.07) is 5.28. The van der Waals surface area contributed by atoms with E-state index in [1.165, 1.54) is 0 Å². The summed E-state index contributed by atoms with van der Waals surface area (Å²) in [5.41, 5.74) is 7.18. The van der Waals surface area contributed by atoms with E-state index in [1.807, 2.05) is 0 Å². The van der Waals surface area contributed by atoms with Crippen LogP contribution in [0, 0.1) is 5.92 Å². The third-order valence-electron chi connectivity index (χ3n) is 3.71. The maximum Gasteiger partial charge on any atom is 0.310 e. The van der Waals surface area contributed by atoms with Gasteiger partial charge in [-0.25, -0.2) is 0 Å². The molecule has 0 bridgehead atoms. The fraction of sp³-hybridized carbons (Fsp3) is 0.385. The molecule has 5 nitrogen and oxygen atoms in total. The number of nitrogen functional groups attached to an aromatic ring is 1. The normalized spacial score (nSPS) is 27.8. The first kappa shape index (κ1) is 11.1. The summed E-state index contributed by atoms with van der Waals surface area (Å²) in [5, 5.41) is 2.80.